The molecule has 16 heavy (non-hydrogen) atoms. The summed E-state index contributed by atoms with van der Waals surface area (Å²) >= 11 is 0. The average molecular weight is 230 g/mol. The highest BCUT2D eigenvalue weighted by molar-refractivity contribution is 5.92. The predicted molar refractivity (Wildman–Crippen MR) is 53.7 cm³/mol. The van der Waals surface area contributed by atoms with Crippen LogP contribution in [-0.2, 0) is 6.54 Å². The SMILES string of the molecule is O=C(NCC(F)F)c1cn2c(n1)NCCC2. The molecule has 1 aliphatic heterocycles. The van der Waals surface area contributed by atoms with Crippen LogP contribution < -0.4 is 10.6 Å². The first-order chi connectivity index (χ1) is 7.66. The Bertz CT molecular complexity index is 367. The highest BCUT2D eigenvalue weighted by atomic mass is 19.3. The van der Waals surface area contributed by atoms with E-state index in [-0.39, 0.29) is 5.69 Å². The fourth-order valence-corrected chi connectivity index (χ4v) is 1.55. The number of alkyl halides is 2. The zero-order chi connectivity index (χ0) is 11.5. The van der Waals surface area contributed by atoms with Gasteiger partial charge in [0.15, 0.2) is 0 Å². The lowest BCUT2D eigenvalue weighted by atomic mass is 10.4. The summed E-state index contributed by atoms with van der Waals surface area (Å²) in [5.41, 5.74) is 0.171. The number of anilines is 1. The second-order valence-corrected chi connectivity index (χ2v) is 3.52. The maximum Gasteiger partial charge on any atom is 0.271 e. The normalized spacial score (nSPS) is 14.4. The summed E-state index contributed by atoms with van der Waals surface area (Å²) in [6, 6.07) is 0. The number of imidazole rings is 1. The van der Waals surface area contributed by atoms with Gasteiger partial charge in [-0.3, -0.25) is 4.79 Å². The maximum absolute atomic E-state index is 11.9. The summed E-state index contributed by atoms with van der Waals surface area (Å²) in [5, 5.41) is 5.14. The van der Waals surface area contributed by atoms with Crippen molar-refractivity contribution in [2.45, 2.75) is 19.4 Å². The number of nitrogens with zero attached hydrogens (tertiary/aromatic N) is 2. The van der Waals surface area contributed by atoms with E-state index in [1.54, 1.807) is 10.8 Å². The molecule has 1 aliphatic rings. The van der Waals surface area contributed by atoms with Gasteiger partial charge in [-0.25, -0.2) is 13.8 Å². The summed E-state index contributed by atoms with van der Waals surface area (Å²) in [6.45, 7) is 0.959. The van der Waals surface area contributed by atoms with E-state index >= 15 is 0 Å². The Hall–Kier alpha value is -1.66. The molecule has 0 saturated carbocycles. The lowest BCUT2D eigenvalue weighted by molar-refractivity contribution is 0.0887. The van der Waals surface area contributed by atoms with Crippen molar-refractivity contribution >= 4 is 11.9 Å². The largest absolute Gasteiger partial charge is 0.356 e. The fraction of sp³-hybridized carbons (Fsp3) is 0.556. The lowest BCUT2D eigenvalue weighted by Crippen LogP contribution is -2.28. The van der Waals surface area contributed by atoms with Crippen molar-refractivity contribution in [2.24, 2.45) is 0 Å². The molecule has 2 rings (SSSR count). The summed E-state index contributed by atoms with van der Waals surface area (Å²) in [7, 11) is 0. The number of halogens is 2. The van der Waals surface area contributed by atoms with Crippen molar-refractivity contribution in [2.75, 3.05) is 18.4 Å². The van der Waals surface area contributed by atoms with Crippen LogP contribution in [0.4, 0.5) is 14.7 Å². The van der Waals surface area contributed by atoms with Gasteiger partial charge in [-0.1, -0.05) is 0 Å². The molecule has 1 amide bonds. The zero-order valence-electron chi connectivity index (χ0n) is 8.54. The van der Waals surface area contributed by atoms with Crippen LogP contribution >= 0.6 is 0 Å². The lowest BCUT2D eigenvalue weighted by Gasteiger charge is -2.14. The third-order valence-electron chi connectivity index (χ3n) is 2.28. The van der Waals surface area contributed by atoms with Gasteiger partial charge in [-0.15, -0.1) is 0 Å². The Labute approximate surface area is 90.8 Å². The molecule has 0 radical (unpaired) electrons. The molecular weight excluding hydrogens is 218 g/mol. The van der Waals surface area contributed by atoms with Crippen molar-refractivity contribution in [1.29, 1.82) is 0 Å². The van der Waals surface area contributed by atoms with Crippen LogP contribution in [0.2, 0.25) is 0 Å². The summed E-state index contributed by atoms with van der Waals surface area (Å²) in [6.07, 6.45) is -0.0108. The van der Waals surface area contributed by atoms with Crippen LogP contribution in [0.25, 0.3) is 0 Å². The van der Waals surface area contributed by atoms with E-state index in [0.29, 0.717) is 5.95 Å². The van der Waals surface area contributed by atoms with Crippen molar-refractivity contribution in [3.63, 3.8) is 0 Å². The van der Waals surface area contributed by atoms with E-state index < -0.39 is 18.9 Å². The molecule has 7 heteroatoms. The quantitative estimate of drug-likeness (QED) is 0.803. The molecule has 0 saturated heterocycles. The maximum atomic E-state index is 11.9. The first-order valence-corrected chi connectivity index (χ1v) is 5.04. The van der Waals surface area contributed by atoms with Crippen LogP contribution in [0.1, 0.15) is 16.9 Å². The third kappa shape index (κ3) is 2.29. The minimum atomic E-state index is -2.54. The average Bonchev–Trinajstić information content (AvgIpc) is 2.69. The minimum absolute atomic E-state index is 0.171. The molecule has 0 bridgehead atoms. The van der Waals surface area contributed by atoms with E-state index in [1.165, 1.54) is 0 Å². The number of carbonyl (C=O) groups excluding carboxylic acids is 1. The molecule has 0 spiro atoms. The number of fused-ring (bicyclic) bond motifs is 1. The molecule has 88 valence electrons. The van der Waals surface area contributed by atoms with Gasteiger partial charge in [0.1, 0.15) is 5.69 Å². The molecule has 5 nitrogen and oxygen atoms in total. The summed E-state index contributed by atoms with van der Waals surface area (Å²) in [4.78, 5) is 15.4. The molecular formula is C9H12F2N4O. The second-order valence-electron chi connectivity index (χ2n) is 3.52. The molecule has 2 N–H and O–H groups in total. The van der Waals surface area contributed by atoms with Crippen molar-refractivity contribution in [3.8, 4) is 0 Å². The van der Waals surface area contributed by atoms with Crippen LogP contribution in [0.5, 0.6) is 0 Å². The monoisotopic (exact) mass is 230 g/mol. The number of hydrogen-bond donors (Lipinski definition) is 2. The van der Waals surface area contributed by atoms with Crippen molar-refractivity contribution < 1.29 is 13.6 Å². The van der Waals surface area contributed by atoms with E-state index in [2.05, 4.69) is 15.6 Å². The molecule has 0 unspecified atom stereocenters. The molecule has 0 atom stereocenters. The molecule has 0 aliphatic carbocycles. The van der Waals surface area contributed by atoms with Gasteiger partial charge in [0.2, 0.25) is 5.95 Å². The van der Waals surface area contributed by atoms with Gasteiger partial charge in [-0.2, -0.15) is 0 Å². The first-order valence-electron chi connectivity index (χ1n) is 5.04. The Balaban J connectivity index is 2.03. The summed E-state index contributed by atoms with van der Waals surface area (Å²) < 4.78 is 25.6. The highest BCUT2D eigenvalue weighted by Crippen LogP contribution is 2.13. The van der Waals surface area contributed by atoms with Gasteiger partial charge in [0, 0.05) is 19.3 Å². The topological polar surface area (TPSA) is 59.0 Å². The van der Waals surface area contributed by atoms with Crippen molar-refractivity contribution in [1.82, 2.24) is 14.9 Å². The van der Waals surface area contributed by atoms with Crippen LogP contribution in [0.15, 0.2) is 6.20 Å². The number of hydrogen-bond acceptors (Lipinski definition) is 3. The number of nitrogens with one attached hydrogen (secondary N) is 2. The number of aromatic nitrogens is 2. The van der Waals surface area contributed by atoms with Crippen LogP contribution in [-0.4, -0.2) is 35.0 Å². The number of carbonyl (C=O) groups is 1. The van der Waals surface area contributed by atoms with E-state index in [9.17, 15) is 13.6 Å². The molecule has 1 aromatic heterocycles. The number of aryl methyl sites for hydroxylation is 1. The van der Waals surface area contributed by atoms with Crippen LogP contribution in [0, 0.1) is 0 Å². The Morgan fingerprint density at radius 1 is 1.69 bits per heavy atom. The van der Waals surface area contributed by atoms with Gasteiger partial charge in [0.25, 0.3) is 12.3 Å². The first kappa shape index (κ1) is 10.8. The van der Waals surface area contributed by atoms with Gasteiger partial charge in [0.05, 0.1) is 6.54 Å². The molecule has 1 aromatic rings. The van der Waals surface area contributed by atoms with Gasteiger partial charge in [-0.05, 0) is 6.42 Å². The summed E-state index contributed by atoms with van der Waals surface area (Å²) in [5.74, 6) is 0.0532. The molecule has 0 fully saturated rings. The Morgan fingerprint density at radius 3 is 3.19 bits per heavy atom. The van der Waals surface area contributed by atoms with Crippen molar-refractivity contribution in [3.05, 3.63) is 11.9 Å². The highest BCUT2D eigenvalue weighted by Gasteiger charge is 2.16. The van der Waals surface area contributed by atoms with Crippen LogP contribution in [0.3, 0.4) is 0 Å². The van der Waals surface area contributed by atoms with E-state index in [0.717, 1.165) is 19.5 Å². The van der Waals surface area contributed by atoms with E-state index in [1.807, 2.05) is 0 Å². The zero-order valence-corrected chi connectivity index (χ0v) is 8.54. The predicted octanol–water partition coefficient (Wildman–Crippen LogP) is 0.694. The third-order valence-corrected chi connectivity index (χ3v) is 2.28. The van der Waals surface area contributed by atoms with Gasteiger partial charge >= 0.3 is 0 Å². The number of rotatable bonds is 3. The fourth-order valence-electron chi connectivity index (χ4n) is 1.55. The van der Waals surface area contributed by atoms with E-state index in [4.69, 9.17) is 0 Å². The Kier molecular flexibility index (Phi) is 3.02. The van der Waals surface area contributed by atoms with Gasteiger partial charge < -0.3 is 15.2 Å². The standard InChI is InChI=1S/C9H12F2N4O/c10-7(11)4-13-8(16)6-5-15-3-1-2-12-9(15)14-6/h5,7H,1-4H2,(H,12,14)(H,13,16). The molecule has 2 heterocycles. The number of amides is 1. The smallest absolute Gasteiger partial charge is 0.271 e. The second kappa shape index (κ2) is 4.46. The minimum Gasteiger partial charge on any atom is -0.356 e. The molecule has 0 aromatic carbocycles. The Morgan fingerprint density at radius 2 is 2.50 bits per heavy atom.